The molecular weight excluding hydrogens is 274 g/mol. The van der Waals surface area contributed by atoms with Crippen LogP contribution in [-0.2, 0) is 13.0 Å². The standard InChI is InChI=1S/C19H21NO2/c1-3-14-22-19-7-5-4-6-17(19)15-20-13-12-16-8-10-18(21-2)11-9-16/h1,4-11,20H,12-15H2,2H3. The Balaban J connectivity index is 1.79. The summed E-state index contributed by atoms with van der Waals surface area (Å²) in [5, 5.41) is 3.43. The number of terminal acetylenes is 1. The zero-order valence-corrected chi connectivity index (χ0v) is 12.8. The molecule has 0 heterocycles. The van der Waals surface area contributed by atoms with E-state index in [0.29, 0.717) is 6.61 Å². The number of nitrogens with one attached hydrogen (secondary N) is 1. The second-order valence-electron chi connectivity index (χ2n) is 4.88. The highest BCUT2D eigenvalue weighted by Gasteiger charge is 2.02. The van der Waals surface area contributed by atoms with E-state index in [4.69, 9.17) is 15.9 Å². The summed E-state index contributed by atoms with van der Waals surface area (Å²) in [6.45, 7) is 1.95. The van der Waals surface area contributed by atoms with E-state index in [9.17, 15) is 0 Å². The summed E-state index contributed by atoms with van der Waals surface area (Å²) in [5.74, 6) is 4.22. The molecule has 0 aliphatic heterocycles. The van der Waals surface area contributed by atoms with Crippen LogP contribution in [0.5, 0.6) is 11.5 Å². The first-order valence-corrected chi connectivity index (χ1v) is 7.31. The molecule has 2 rings (SSSR count). The summed E-state index contributed by atoms with van der Waals surface area (Å²) < 4.78 is 10.7. The van der Waals surface area contributed by atoms with Crippen LogP contribution in [-0.4, -0.2) is 20.3 Å². The van der Waals surface area contributed by atoms with Gasteiger partial charge in [0.05, 0.1) is 7.11 Å². The van der Waals surface area contributed by atoms with E-state index in [1.165, 1.54) is 5.56 Å². The van der Waals surface area contributed by atoms with Crippen LogP contribution in [0.2, 0.25) is 0 Å². The van der Waals surface area contributed by atoms with E-state index < -0.39 is 0 Å². The van der Waals surface area contributed by atoms with Gasteiger partial charge in [-0.25, -0.2) is 0 Å². The summed E-state index contributed by atoms with van der Waals surface area (Å²) in [7, 11) is 1.68. The average molecular weight is 295 g/mol. The second kappa shape index (κ2) is 8.76. The lowest BCUT2D eigenvalue weighted by Gasteiger charge is -2.10. The number of methoxy groups -OCH3 is 1. The molecule has 22 heavy (non-hydrogen) atoms. The van der Waals surface area contributed by atoms with Gasteiger partial charge >= 0.3 is 0 Å². The van der Waals surface area contributed by atoms with E-state index in [1.54, 1.807) is 7.11 Å². The summed E-state index contributed by atoms with van der Waals surface area (Å²) in [6.07, 6.45) is 6.20. The molecule has 0 aromatic heterocycles. The molecule has 2 aromatic rings. The maximum atomic E-state index is 5.54. The molecule has 0 aliphatic carbocycles. The van der Waals surface area contributed by atoms with E-state index >= 15 is 0 Å². The SMILES string of the molecule is C#CCOc1ccccc1CNCCc1ccc(OC)cc1. The van der Waals surface area contributed by atoms with Gasteiger partial charge in [-0.3, -0.25) is 0 Å². The molecule has 1 N–H and O–H groups in total. The summed E-state index contributed by atoms with van der Waals surface area (Å²) in [6, 6.07) is 16.1. The topological polar surface area (TPSA) is 30.5 Å². The molecule has 0 amide bonds. The van der Waals surface area contributed by atoms with Crippen LogP contribution in [0, 0.1) is 12.3 Å². The van der Waals surface area contributed by atoms with Gasteiger partial charge in [0.25, 0.3) is 0 Å². The van der Waals surface area contributed by atoms with Gasteiger partial charge in [-0.2, -0.15) is 0 Å². The molecule has 0 fully saturated rings. The lowest BCUT2D eigenvalue weighted by atomic mass is 10.1. The Morgan fingerprint density at radius 1 is 1.09 bits per heavy atom. The van der Waals surface area contributed by atoms with Crippen LogP contribution in [0.3, 0.4) is 0 Å². The minimum atomic E-state index is 0.295. The third kappa shape index (κ3) is 4.83. The van der Waals surface area contributed by atoms with Crippen molar-refractivity contribution in [2.75, 3.05) is 20.3 Å². The van der Waals surface area contributed by atoms with Crippen LogP contribution in [0.25, 0.3) is 0 Å². The smallest absolute Gasteiger partial charge is 0.148 e. The normalized spacial score (nSPS) is 10.0. The van der Waals surface area contributed by atoms with Crippen molar-refractivity contribution in [3.05, 3.63) is 59.7 Å². The Morgan fingerprint density at radius 2 is 1.86 bits per heavy atom. The van der Waals surface area contributed by atoms with E-state index in [0.717, 1.165) is 36.6 Å². The van der Waals surface area contributed by atoms with Crippen LogP contribution < -0.4 is 14.8 Å². The van der Waals surface area contributed by atoms with Gasteiger partial charge in [0.1, 0.15) is 18.1 Å². The fourth-order valence-corrected chi connectivity index (χ4v) is 2.16. The van der Waals surface area contributed by atoms with Gasteiger partial charge in [-0.1, -0.05) is 36.3 Å². The van der Waals surface area contributed by atoms with Crippen LogP contribution in [0.15, 0.2) is 48.5 Å². The molecule has 0 aliphatic rings. The number of hydrogen-bond donors (Lipinski definition) is 1. The molecule has 0 atom stereocenters. The first kappa shape index (κ1) is 15.9. The molecule has 0 radical (unpaired) electrons. The predicted octanol–water partition coefficient (Wildman–Crippen LogP) is 3.04. The van der Waals surface area contributed by atoms with Gasteiger partial charge in [0.2, 0.25) is 0 Å². The highest BCUT2D eigenvalue weighted by atomic mass is 16.5. The summed E-state index contributed by atoms with van der Waals surface area (Å²) >= 11 is 0. The van der Waals surface area contributed by atoms with Crippen LogP contribution >= 0.6 is 0 Å². The van der Waals surface area contributed by atoms with Crippen molar-refractivity contribution in [2.24, 2.45) is 0 Å². The Kier molecular flexibility index (Phi) is 6.35. The number of para-hydroxylation sites is 1. The maximum absolute atomic E-state index is 5.54. The van der Waals surface area contributed by atoms with Crippen molar-refractivity contribution >= 4 is 0 Å². The third-order valence-electron chi connectivity index (χ3n) is 3.35. The van der Waals surface area contributed by atoms with Crippen LogP contribution in [0.1, 0.15) is 11.1 Å². The van der Waals surface area contributed by atoms with E-state index in [-0.39, 0.29) is 0 Å². The van der Waals surface area contributed by atoms with E-state index in [1.807, 2.05) is 36.4 Å². The monoisotopic (exact) mass is 295 g/mol. The summed E-state index contributed by atoms with van der Waals surface area (Å²) in [5.41, 5.74) is 2.40. The van der Waals surface area contributed by atoms with Gasteiger partial charge in [-0.15, -0.1) is 6.42 Å². The van der Waals surface area contributed by atoms with Crippen molar-refractivity contribution in [3.63, 3.8) is 0 Å². The van der Waals surface area contributed by atoms with Crippen molar-refractivity contribution in [1.29, 1.82) is 0 Å². The predicted molar refractivity (Wildman–Crippen MR) is 89.2 cm³/mol. The minimum absolute atomic E-state index is 0.295. The van der Waals surface area contributed by atoms with E-state index in [2.05, 4.69) is 23.4 Å². The number of benzene rings is 2. The first-order valence-electron chi connectivity index (χ1n) is 7.31. The second-order valence-corrected chi connectivity index (χ2v) is 4.88. The first-order chi connectivity index (χ1) is 10.8. The molecule has 3 heteroatoms. The molecular formula is C19H21NO2. The lowest BCUT2D eigenvalue weighted by molar-refractivity contribution is 0.365. The average Bonchev–Trinajstić information content (AvgIpc) is 2.58. The van der Waals surface area contributed by atoms with Crippen molar-refractivity contribution in [1.82, 2.24) is 5.32 Å². The number of hydrogen-bond acceptors (Lipinski definition) is 3. The quantitative estimate of drug-likeness (QED) is 0.600. The molecule has 0 saturated heterocycles. The Bertz CT molecular complexity index is 614. The van der Waals surface area contributed by atoms with Crippen LogP contribution in [0.4, 0.5) is 0 Å². The Labute approximate surface area is 132 Å². The van der Waals surface area contributed by atoms with Gasteiger partial charge in [0.15, 0.2) is 0 Å². The highest BCUT2D eigenvalue weighted by molar-refractivity contribution is 5.33. The Morgan fingerprint density at radius 3 is 2.59 bits per heavy atom. The molecule has 0 spiro atoms. The third-order valence-corrected chi connectivity index (χ3v) is 3.35. The summed E-state index contributed by atoms with van der Waals surface area (Å²) in [4.78, 5) is 0. The molecule has 0 unspecified atom stereocenters. The Hall–Kier alpha value is -2.44. The molecule has 114 valence electrons. The molecule has 2 aromatic carbocycles. The minimum Gasteiger partial charge on any atom is -0.497 e. The van der Waals surface area contributed by atoms with Crippen molar-refractivity contribution < 1.29 is 9.47 Å². The fraction of sp³-hybridized carbons (Fsp3) is 0.263. The van der Waals surface area contributed by atoms with Gasteiger partial charge in [-0.05, 0) is 36.7 Å². The zero-order chi connectivity index (χ0) is 15.6. The van der Waals surface area contributed by atoms with Crippen molar-refractivity contribution in [2.45, 2.75) is 13.0 Å². The largest absolute Gasteiger partial charge is 0.497 e. The lowest BCUT2D eigenvalue weighted by Crippen LogP contribution is -2.17. The number of ether oxygens (including phenoxy) is 2. The highest BCUT2D eigenvalue weighted by Crippen LogP contribution is 2.17. The fourth-order valence-electron chi connectivity index (χ4n) is 2.16. The molecule has 0 bridgehead atoms. The zero-order valence-electron chi connectivity index (χ0n) is 12.8. The van der Waals surface area contributed by atoms with Crippen molar-refractivity contribution in [3.8, 4) is 23.8 Å². The van der Waals surface area contributed by atoms with Gasteiger partial charge in [0, 0.05) is 12.1 Å². The van der Waals surface area contributed by atoms with Gasteiger partial charge < -0.3 is 14.8 Å². The number of rotatable bonds is 8. The maximum Gasteiger partial charge on any atom is 0.148 e. The molecule has 0 saturated carbocycles. The molecule has 3 nitrogen and oxygen atoms in total.